The molecule has 2 fully saturated rings. The highest BCUT2D eigenvalue weighted by Gasteiger charge is 2.34. The van der Waals surface area contributed by atoms with Crippen molar-refractivity contribution in [1.29, 1.82) is 0 Å². The highest BCUT2D eigenvalue weighted by Crippen LogP contribution is 2.30. The number of carbonyl (C=O) groups excluding carboxylic acids is 1. The maximum atomic E-state index is 11.9. The first-order valence-corrected chi connectivity index (χ1v) is 7.16. The smallest absolute Gasteiger partial charge is 0.220 e. The van der Waals surface area contributed by atoms with Gasteiger partial charge in [0.25, 0.3) is 0 Å². The van der Waals surface area contributed by atoms with Gasteiger partial charge in [-0.15, -0.1) is 0 Å². The van der Waals surface area contributed by atoms with Crippen molar-refractivity contribution in [3.8, 4) is 0 Å². The van der Waals surface area contributed by atoms with Gasteiger partial charge in [-0.1, -0.05) is 38.5 Å². The molecule has 3 heteroatoms. The molecule has 2 rings (SSSR count). The van der Waals surface area contributed by atoms with E-state index in [2.05, 4.69) is 5.32 Å². The van der Waals surface area contributed by atoms with Crippen molar-refractivity contribution < 1.29 is 9.90 Å². The average Bonchev–Trinajstić information content (AvgIpc) is 2.98. The third-order valence-electron chi connectivity index (χ3n) is 4.52. The highest BCUT2D eigenvalue weighted by atomic mass is 16.3. The topological polar surface area (TPSA) is 49.3 Å². The van der Waals surface area contributed by atoms with Crippen molar-refractivity contribution in [2.24, 2.45) is 5.92 Å². The van der Waals surface area contributed by atoms with Crippen LogP contribution < -0.4 is 5.32 Å². The van der Waals surface area contributed by atoms with Gasteiger partial charge in [-0.3, -0.25) is 4.79 Å². The molecule has 0 bridgehead atoms. The summed E-state index contributed by atoms with van der Waals surface area (Å²) in [4.78, 5) is 11.9. The zero-order valence-electron chi connectivity index (χ0n) is 10.7. The van der Waals surface area contributed by atoms with E-state index in [0.717, 1.165) is 38.0 Å². The predicted octanol–water partition coefficient (Wildman–Crippen LogP) is 2.38. The van der Waals surface area contributed by atoms with Crippen molar-refractivity contribution >= 4 is 5.91 Å². The number of carbonyl (C=O) groups is 1. The number of hydrogen-bond donors (Lipinski definition) is 2. The van der Waals surface area contributed by atoms with E-state index in [1.165, 1.54) is 25.7 Å². The van der Waals surface area contributed by atoms with Crippen LogP contribution >= 0.6 is 0 Å². The molecule has 2 aliphatic carbocycles. The van der Waals surface area contributed by atoms with Gasteiger partial charge in [0.1, 0.15) is 0 Å². The first-order valence-electron chi connectivity index (χ1n) is 7.16. The Morgan fingerprint density at radius 2 is 1.82 bits per heavy atom. The normalized spacial score (nSPS) is 24.1. The molecule has 0 unspecified atom stereocenters. The van der Waals surface area contributed by atoms with Gasteiger partial charge in [-0.25, -0.2) is 0 Å². The molecular formula is C14H25NO2. The second kappa shape index (κ2) is 5.85. The molecule has 1 amide bonds. The van der Waals surface area contributed by atoms with Gasteiger partial charge in [-0.05, 0) is 25.2 Å². The number of nitrogens with one attached hydrogen (secondary N) is 1. The van der Waals surface area contributed by atoms with Crippen molar-refractivity contribution in [2.45, 2.75) is 69.7 Å². The van der Waals surface area contributed by atoms with Gasteiger partial charge in [0.05, 0.1) is 12.1 Å². The molecule has 0 atom stereocenters. The monoisotopic (exact) mass is 239 g/mol. The van der Waals surface area contributed by atoms with Crippen molar-refractivity contribution in [3.05, 3.63) is 0 Å². The van der Waals surface area contributed by atoms with Gasteiger partial charge in [0, 0.05) is 6.42 Å². The number of hydrogen-bond acceptors (Lipinski definition) is 2. The summed E-state index contributed by atoms with van der Waals surface area (Å²) in [6.45, 7) is 0.0994. The predicted molar refractivity (Wildman–Crippen MR) is 67.6 cm³/mol. The molecule has 0 radical (unpaired) electrons. The average molecular weight is 239 g/mol. The van der Waals surface area contributed by atoms with Crippen LogP contribution in [0.4, 0.5) is 0 Å². The summed E-state index contributed by atoms with van der Waals surface area (Å²) in [5.41, 5.74) is -0.285. The number of aliphatic hydroxyl groups excluding tert-OH is 1. The Balaban J connectivity index is 1.72. The van der Waals surface area contributed by atoms with Gasteiger partial charge >= 0.3 is 0 Å². The lowest BCUT2D eigenvalue weighted by atomic mass is 9.97. The van der Waals surface area contributed by atoms with E-state index < -0.39 is 0 Å². The Morgan fingerprint density at radius 3 is 2.41 bits per heavy atom. The fraction of sp³-hybridized carbons (Fsp3) is 0.929. The number of amides is 1. The van der Waals surface area contributed by atoms with E-state index in [-0.39, 0.29) is 18.1 Å². The summed E-state index contributed by atoms with van der Waals surface area (Å²) in [7, 11) is 0. The standard InChI is InChI=1S/C14H25NO2/c16-11-14(9-3-4-10-14)15-13(17)8-7-12-5-1-2-6-12/h12,16H,1-11H2,(H,15,17). The molecule has 3 nitrogen and oxygen atoms in total. The molecule has 98 valence electrons. The van der Waals surface area contributed by atoms with E-state index in [4.69, 9.17) is 0 Å². The lowest BCUT2D eigenvalue weighted by Crippen LogP contribution is -2.49. The lowest BCUT2D eigenvalue weighted by Gasteiger charge is -2.28. The Labute approximate surface area is 104 Å². The van der Waals surface area contributed by atoms with Crippen LogP contribution in [0, 0.1) is 5.92 Å². The van der Waals surface area contributed by atoms with Crippen molar-refractivity contribution in [1.82, 2.24) is 5.32 Å². The largest absolute Gasteiger partial charge is 0.394 e. The minimum atomic E-state index is -0.285. The Bertz CT molecular complexity index is 253. The van der Waals surface area contributed by atoms with Crippen LogP contribution in [0.15, 0.2) is 0 Å². The lowest BCUT2D eigenvalue weighted by molar-refractivity contribution is -0.123. The first kappa shape index (κ1) is 12.9. The Kier molecular flexibility index (Phi) is 4.43. The van der Waals surface area contributed by atoms with Crippen molar-refractivity contribution in [3.63, 3.8) is 0 Å². The van der Waals surface area contributed by atoms with E-state index in [0.29, 0.717) is 6.42 Å². The van der Waals surface area contributed by atoms with Crippen LogP contribution in [-0.2, 0) is 4.79 Å². The molecule has 17 heavy (non-hydrogen) atoms. The molecule has 0 aromatic carbocycles. The molecular weight excluding hydrogens is 214 g/mol. The maximum absolute atomic E-state index is 11.9. The summed E-state index contributed by atoms with van der Waals surface area (Å²) in [6.07, 6.45) is 11.1. The van der Waals surface area contributed by atoms with Gasteiger partial charge in [0.15, 0.2) is 0 Å². The van der Waals surface area contributed by atoms with Crippen molar-refractivity contribution in [2.75, 3.05) is 6.61 Å². The highest BCUT2D eigenvalue weighted by molar-refractivity contribution is 5.76. The molecule has 0 saturated heterocycles. The zero-order valence-corrected chi connectivity index (χ0v) is 10.7. The fourth-order valence-corrected chi connectivity index (χ4v) is 3.37. The summed E-state index contributed by atoms with van der Waals surface area (Å²) in [5.74, 6) is 0.919. The van der Waals surface area contributed by atoms with Gasteiger partial charge in [-0.2, -0.15) is 0 Å². The second-order valence-corrected chi connectivity index (χ2v) is 5.88. The van der Waals surface area contributed by atoms with Crippen LogP contribution in [0.1, 0.15) is 64.2 Å². The summed E-state index contributed by atoms with van der Waals surface area (Å²) >= 11 is 0. The Morgan fingerprint density at radius 1 is 1.18 bits per heavy atom. The van der Waals surface area contributed by atoms with E-state index in [1.54, 1.807) is 0 Å². The zero-order chi connectivity index (χ0) is 12.1. The quantitative estimate of drug-likeness (QED) is 0.774. The second-order valence-electron chi connectivity index (χ2n) is 5.88. The SMILES string of the molecule is O=C(CCC1CCCC1)NC1(CO)CCCC1. The van der Waals surface area contributed by atoms with E-state index >= 15 is 0 Å². The fourth-order valence-electron chi connectivity index (χ4n) is 3.37. The molecule has 0 aliphatic heterocycles. The number of aliphatic hydroxyl groups is 1. The first-order chi connectivity index (χ1) is 8.24. The summed E-state index contributed by atoms with van der Waals surface area (Å²) in [6, 6.07) is 0. The minimum Gasteiger partial charge on any atom is -0.394 e. The van der Waals surface area contributed by atoms with E-state index in [9.17, 15) is 9.90 Å². The molecule has 0 aromatic rings. The van der Waals surface area contributed by atoms with Gasteiger partial charge < -0.3 is 10.4 Å². The molecule has 2 N–H and O–H groups in total. The minimum absolute atomic E-state index is 0.0994. The van der Waals surface area contributed by atoms with Gasteiger partial charge in [0.2, 0.25) is 5.91 Å². The van der Waals surface area contributed by atoms with Crippen LogP contribution in [0.2, 0.25) is 0 Å². The van der Waals surface area contributed by atoms with E-state index in [1.807, 2.05) is 0 Å². The summed E-state index contributed by atoms with van der Waals surface area (Å²) < 4.78 is 0. The molecule has 2 aliphatic rings. The molecule has 0 aromatic heterocycles. The van der Waals surface area contributed by atoms with Crippen LogP contribution in [-0.4, -0.2) is 23.2 Å². The maximum Gasteiger partial charge on any atom is 0.220 e. The van der Waals surface area contributed by atoms with Crippen LogP contribution in [0.25, 0.3) is 0 Å². The molecule has 2 saturated carbocycles. The van der Waals surface area contributed by atoms with Crippen LogP contribution in [0.5, 0.6) is 0 Å². The number of rotatable bonds is 5. The molecule has 0 spiro atoms. The Hall–Kier alpha value is -0.570. The van der Waals surface area contributed by atoms with Crippen LogP contribution in [0.3, 0.4) is 0 Å². The summed E-state index contributed by atoms with van der Waals surface area (Å²) in [5, 5.41) is 12.5. The third-order valence-corrected chi connectivity index (χ3v) is 4.52. The molecule has 0 heterocycles. The third kappa shape index (κ3) is 3.44.